The van der Waals surface area contributed by atoms with Crippen LogP contribution in [0.5, 0.6) is 0 Å². The smallest absolute Gasteiger partial charge is 0.257 e. The molecule has 3 aromatic rings. The molecule has 1 amide bonds. The van der Waals surface area contributed by atoms with Crippen molar-refractivity contribution in [3.05, 3.63) is 88.6 Å². The molecule has 0 aliphatic carbocycles. The Labute approximate surface area is 170 Å². The molecule has 2 aromatic carbocycles. The van der Waals surface area contributed by atoms with Gasteiger partial charge in [-0.3, -0.25) is 4.79 Å². The van der Waals surface area contributed by atoms with E-state index in [-0.39, 0.29) is 11.9 Å². The number of carbonyl (C=O) groups excluding carboxylic acids is 1. The lowest BCUT2D eigenvalue weighted by Gasteiger charge is -2.15. The number of amides is 1. The van der Waals surface area contributed by atoms with Crippen LogP contribution in [0.2, 0.25) is 5.02 Å². The number of halogens is 1. The van der Waals surface area contributed by atoms with Crippen molar-refractivity contribution in [3.8, 4) is 0 Å². The van der Waals surface area contributed by atoms with Crippen molar-refractivity contribution in [1.29, 1.82) is 0 Å². The lowest BCUT2D eigenvalue weighted by atomic mass is 10.1. The highest BCUT2D eigenvalue weighted by molar-refractivity contribution is 6.34. The zero-order chi connectivity index (χ0) is 19.9. The minimum atomic E-state index is -0.250. The molecule has 1 atom stereocenters. The van der Waals surface area contributed by atoms with Gasteiger partial charge in [-0.05, 0) is 42.3 Å². The average Bonchev–Trinajstić information content (AvgIpc) is 2.74. The molecule has 0 aliphatic rings. The first-order chi connectivity index (χ1) is 13.6. The first kappa shape index (κ1) is 19.9. The zero-order valence-corrected chi connectivity index (χ0v) is 16.6. The molecule has 144 valence electrons. The predicted molar refractivity (Wildman–Crippen MR) is 115 cm³/mol. The van der Waals surface area contributed by atoms with E-state index in [1.165, 1.54) is 11.8 Å². The molecular weight excluding hydrogens is 372 g/mol. The second kappa shape index (κ2) is 9.35. The Morgan fingerprint density at radius 3 is 2.57 bits per heavy atom. The maximum atomic E-state index is 12.5. The molecule has 5 nitrogen and oxygen atoms in total. The van der Waals surface area contributed by atoms with Crippen LogP contribution in [0.25, 0.3) is 0 Å². The summed E-state index contributed by atoms with van der Waals surface area (Å²) in [5, 5.41) is 9.77. The highest BCUT2D eigenvalue weighted by Crippen LogP contribution is 2.24. The van der Waals surface area contributed by atoms with E-state index in [0.29, 0.717) is 28.6 Å². The van der Waals surface area contributed by atoms with Crippen molar-refractivity contribution in [2.45, 2.75) is 19.5 Å². The highest BCUT2D eigenvalue weighted by atomic mass is 35.5. The minimum Gasteiger partial charge on any atom is -0.373 e. The summed E-state index contributed by atoms with van der Waals surface area (Å²) < 4.78 is 0. The van der Waals surface area contributed by atoms with Crippen LogP contribution in [-0.4, -0.2) is 17.9 Å². The van der Waals surface area contributed by atoms with E-state index in [1.807, 2.05) is 30.3 Å². The molecule has 0 spiro atoms. The summed E-state index contributed by atoms with van der Waals surface area (Å²) in [5.74, 6) is 0.454. The Morgan fingerprint density at radius 2 is 1.89 bits per heavy atom. The Morgan fingerprint density at radius 1 is 1.11 bits per heavy atom. The Bertz CT molecular complexity index is 929. The van der Waals surface area contributed by atoms with Gasteiger partial charge in [-0.1, -0.05) is 48.0 Å². The molecule has 1 heterocycles. The summed E-state index contributed by atoms with van der Waals surface area (Å²) in [7, 11) is 1.78. The maximum absolute atomic E-state index is 12.5. The lowest BCUT2D eigenvalue weighted by Crippen LogP contribution is -2.18. The summed E-state index contributed by atoms with van der Waals surface area (Å²) in [5.41, 5.74) is 3.31. The first-order valence-electron chi connectivity index (χ1n) is 9.08. The molecule has 0 fully saturated rings. The van der Waals surface area contributed by atoms with Crippen LogP contribution in [0.15, 0.2) is 66.9 Å². The minimum absolute atomic E-state index is 0.215. The fourth-order valence-electron chi connectivity index (χ4n) is 2.78. The number of aromatic nitrogens is 1. The average molecular weight is 395 g/mol. The second-order valence-corrected chi connectivity index (χ2v) is 6.87. The normalized spacial score (nSPS) is 11.7. The van der Waals surface area contributed by atoms with Crippen LogP contribution in [0.1, 0.15) is 34.5 Å². The summed E-state index contributed by atoms with van der Waals surface area (Å²) in [6, 6.07) is 19.6. The fourth-order valence-corrected chi connectivity index (χ4v) is 2.94. The summed E-state index contributed by atoms with van der Waals surface area (Å²) in [4.78, 5) is 16.6. The van der Waals surface area contributed by atoms with Gasteiger partial charge in [0.2, 0.25) is 0 Å². The standard InChI is InChI=1S/C22H23ClN4O/c1-15(17-6-4-3-5-7-17)25-13-16-8-10-19(23)20(12-16)27-22(28)18-9-11-21(24-2)26-14-18/h3-12,14-15,25H,13H2,1-2H3,(H,24,26)(H,27,28). The molecule has 0 aliphatic heterocycles. The lowest BCUT2D eigenvalue weighted by molar-refractivity contribution is 0.102. The number of hydrogen-bond acceptors (Lipinski definition) is 4. The van der Waals surface area contributed by atoms with Gasteiger partial charge in [-0.15, -0.1) is 0 Å². The monoisotopic (exact) mass is 394 g/mol. The van der Waals surface area contributed by atoms with E-state index < -0.39 is 0 Å². The van der Waals surface area contributed by atoms with Gasteiger partial charge < -0.3 is 16.0 Å². The summed E-state index contributed by atoms with van der Waals surface area (Å²) in [6.45, 7) is 2.78. The van der Waals surface area contributed by atoms with Crippen molar-refractivity contribution in [2.75, 3.05) is 17.7 Å². The van der Waals surface area contributed by atoms with E-state index >= 15 is 0 Å². The van der Waals surface area contributed by atoms with Crippen LogP contribution < -0.4 is 16.0 Å². The maximum Gasteiger partial charge on any atom is 0.257 e. The highest BCUT2D eigenvalue weighted by Gasteiger charge is 2.11. The molecule has 1 unspecified atom stereocenters. The van der Waals surface area contributed by atoms with Gasteiger partial charge >= 0.3 is 0 Å². The van der Waals surface area contributed by atoms with Crippen LogP contribution in [0.3, 0.4) is 0 Å². The van der Waals surface area contributed by atoms with Crippen molar-refractivity contribution >= 4 is 29.0 Å². The van der Waals surface area contributed by atoms with Gasteiger partial charge in [0.05, 0.1) is 16.3 Å². The summed E-state index contributed by atoms with van der Waals surface area (Å²) >= 11 is 6.27. The number of pyridine rings is 1. The molecule has 3 rings (SSSR count). The quantitative estimate of drug-likeness (QED) is 0.534. The Hall–Kier alpha value is -2.89. The second-order valence-electron chi connectivity index (χ2n) is 6.46. The molecule has 28 heavy (non-hydrogen) atoms. The number of nitrogens with zero attached hydrogens (tertiary/aromatic N) is 1. The molecule has 6 heteroatoms. The van der Waals surface area contributed by atoms with E-state index in [0.717, 1.165) is 5.56 Å². The molecule has 0 saturated heterocycles. The number of benzene rings is 2. The van der Waals surface area contributed by atoms with Gasteiger partial charge in [-0.2, -0.15) is 0 Å². The van der Waals surface area contributed by atoms with Crippen molar-refractivity contribution < 1.29 is 4.79 Å². The van der Waals surface area contributed by atoms with Crippen LogP contribution in [-0.2, 0) is 6.54 Å². The van der Waals surface area contributed by atoms with Gasteiger partial charge in [0.25, 0.3) is 5.91 Å². The number of carbonyl (C=O) groups is 1. The molecule has 0 radical (unpaired) electrons. The number of rotatable bonds is 7. The van der Waals surface area contributed by atoms with Gasteiger partial charge in [-0.25, -0.2) is 4.98 Å². The number of anilines is 2. The van der Waals surface area contributed by atoms with Gasteiger partial charge in [0.1, 0.15) is 5.82 Å². The third-order valence-electron chi connectivity index (χ3n) is 4.47. The summed E-state index contributed by atoms with van der Waals surface area (Å²) in [6.07, 6.45) is 1.53. The zero-order valence-electron chi connectivity index (χ0n) is 15.9. The van der Waals surface area contributed by atoms with E-state index in [4.69, 9.17) is 11.6 Å². The van der Waals surface area contributed by atoms with Crippen LogP contribution >= 0.6 is 11.6 Å². The molecule has 0 saturated carbocycles. The molecule has 0 bridgehead atoms. The van der Waals surface area contributed by atoms with Gasteiger partial charge in [0.15, 0.2) is 0 Å². The fraction of sp³-hybridized carbons (Fsp3) is 0.182. The third-order valence-corrected chi connectivity index (χ3v) is 4.80. The number of hydrogen-bond donors (Lipinski definition) is 3. The van der Waals surface area contributed by atoms with E-state index in [2.05, 4.69) is 40.0 Å². The third kappa shape index (κ3) is 5.09. The first-order valence-corrected chi connectivity index (χ1v) is 9.46. The van der Waals surface area contributed by atoms with Crippen LogP contribution in [0, 0.1) is 0 Å². The van der Waals surface area contributed by atoms with E-state index in [1.54, 1.807) is 25.2 Å². The van der Waals surface area contributed by atoms with Crippen LogP contribution in [0.4, 0.5) is 11.5 Å². The van der Waals surface area contributed by atoms with Crippen molar-refractivity contribution in [3.63, 3.8) is 0 Å². The molecule has 3 N–H and O–H groups in total. The molecule has 1 aromatic heterocycles. The Balaban J connectivity index is 1.66. The largest absolute Gasteiger partial charge is 0.373 e. The van der Waals surface area contributed by atoms with Gasteiger partial charge in [0, 0.05) is 25.8 Å². The number of nitrogens with one attached hydrogen (secondary N) is 3. The van der Waals surface area contributed by atoms with Crippen molar-refractivity contribution in [2.24, 2.45) is 0 Å². The molecular formula is C22H23ClN4O. The van der Waals surface area contributed by atoms with Crippen molar-refractivity contribution in [1.82, 2.24) is 10.3 Å². The predicted octanol–water partition coefficient (Wildman–Crippen LogP) is 4.88. The SMILES string of the molecule is CNc1ccc(C(=O)Nc2cc(CNC(C)c3ccccc3)ccc2Cl)cn1. The Kier molecular flexibility index (Phi) is 6.63. The van der Waals surface area contributed by atoms with E-state index in [9.17, 15) is 4.79 Å². The topological polar surface area (TPSA) is 66.1 Å².